The Morgan fingerprint density at radius 2 is 1.97 bits per heavy atom. The number of anilines is 1. The lowest BCUT2D eigenvalue weighted by Crippen LogP contribution is -2.13. The van der Waals surface area contributed by atoms with Crippen molar-refractivity contribution in [3.05, 3.63) is 64.4 Å². The summed E-state index contributed by atoms with van der Waals surface area (Å²) in [5, 5.41) is 5.96. The number of aromatic amines is 1. The lowest BCUT2D eigenvalue weighted by Gasteiger charge is -2.08. The number of fused-ring (bicyclic) bond motifs is 1. The van der Waals surface area contributed by atoms with Gasteiger partial charge in [-0.25, -0.2) is 9.78 Å². The molecule has 8 heteroatoms. The Morgan fingerprint density at radius 3 is 2.76 bits per heavy atom. The van der Waals surface area contributed by atoms with Crippen LogP contribution in [0.15, 0.2) is 41.9 Å². The quantitative estimate of drug-likeness (QED) is 0.491. The molecule has 0 aliphatic rings. The van der Waals surface area contributed by atoms with Gasteiger partial charge in [0.05, 0.1) is 23.9 Å². The van der Waals surface area contributed by atoms with Gasteiger partial charge < -0.3 is 9.72 Å². The molecule has 4 aromatic rings. The molecule has 0 fully saturated rings. The van der Waals surface area contributed by atoms with Crippen LogP contribution in [0.2, 0.25) is 0 Å². The highest BCUT2D eigenvalue weighted by Gasteiger charge is 2.16. The molecule has 3 aromatic heterocycles. The van der Waals surface area contributed by atoms with Crippen LogP contribution in [-0.2, 0) is 4.74 Å². The topological polar surface area (TPSA) is 97.0 Å². The van der Waals surface area contributed by atoms with Crippen LogP contribution in [-0.4, -0.2) is 33.9 Å². The summed E-state index contributed by atoms with van der Waals surface area (Å²) in [6.07, 6.45) is 1.68. The number of nitrogens with zero attached hydrogens (tertiary/aromatic N) is 2. The molecule has 4 rings (SSSR count). The number of hydrogen-bond acceptors (Lipinski definition) is 6. The second-order valence-corrected chi connectivity index (χ2v) is 7.48. The summed E-state index contributed by atoms with van der Waals surface area (Å²) < 4.78 is 4.70. The molecule has 0 bridgehead atoms. The molecule has 146 valence electrons. The summed E-state index contributed by atoms with van der Waals surface area (Å²) >= 11 is 1.31. The third kappa shape index (κ3) is 3.74. The van der Waals surface area contributed by atoms with E-state index in [1.54, 1.807) is 18.3 Å². The molecule has 7 nitrogen and oxygen atoms in total. The molecule has 0 aliphatic heterocycles. The minimum absolute atomic E-state index is 0.240. The van der Waals surface area contributed by atoms with E-state index in [4.69, 9.17) is 4.74 Å². The number of pyridine rings is 1. The zero-order valence-electron chi connectivity index (χ0n) is 16.1. The number of carbonyl (C=O) groups excluding carboxylic acids is 2. The molecule has 0 saturated heterocycles. The number of amides is 1. The van der Waals surface area contributed by atoms with E-state index in [2.05, 4.69) is 20.3 Å². The maximum atomic E-state index is 12.9. The van der Waals surface area contributed by atoms with Gasteiger partial charge in [-0.2, -0.15) is 0 Å². The number of ether oxygens (including phenoxy) is 1. The lowest BCUT2D eigenvalue weighted by atomic mass is 10.0. The molecule has 1 aromatic carbocycles. The van der Waals surface area contributed by atoms with Gasteiger partial charge in [0.15, 0.2) is 5.13 Å². The Balaban J connectivity index is 1.60. The first-order valence-electron chi connectivity index (χ1n) is 8.86. The minimum atomic E-state index is -0.449. The van der Waals surface area contributed by atoms with Crippen LogP contribution in [0.25, 0.3) is 22.2 Å². The van der Waals surface area contributed by atoms with Gasteiger partial charge in [-0.15, -0.1) is 11.3 Å². The van der Waals surface area contributed by atoms with Crippen LogP contribution in [0.1, 0.15) is 32.1 Å². The maximum Gasteiger partial charge on any atom is 0.354 e. The molecule has 0 atom stereocenters. The van der Waals surface area contributed by atoms with E-state index >= 15 is 0 Å². The highest BCUT2D eigenvalue weighted by molar-refractivity contribution is 7.14. The smallest absolute Gasteiger partial charge is 0.354 e. The second-order valence-electron chi connectivity index (χ2n) is 6.62. The lowest BCUT2D eigenvalue weighted by molar-refractivity contribution is 0.0594. The van der Waals surface area contributed by atoms with E-state index in [1.165, 1.54) is 18.4 Å². The fraction of sp³-hybridized carbons (Fsp3) is 0.143. The number of thiazole rings is 1. The average molecular weight is 406 g/mol. The number of carbonyl (C=O) groups is 2. The number of nitrogens with one attached hydrogen (secondary N) is 2. The highest BCUT2D eigenvalue weighted by atomic mass is 32.1. The Kier molecular flexibility index (Phi) is 4.85. The molecule has 0 spiro atoms. The van der Waals surface area contributed by atoms with Crippen molar-refractivity contribution in [3.63, 3.8) is 0 Å². The van der Waals surface area contributed by atoms with Gasteiger partial charge in [-0.05, 0) is 38.1 Å². The van der Waals surface area contributed by atoms with Crippen LogP contribution in [0, 0.1) is 13.8 Å². The number of esters is 1. The zero-order chi connectivity index (χ0) is 20.5. The van der Waals surface area contributed by atoms with Crippen LogP contribution in [0.5, 0.6) is 0 Å². The molecule has 0 radical (unpaired) electrons. The number of rotatable bonds is 4. The van der Waals surface area contributed by atoms with Gasteiger partial charge in [0.1, 0.15) is 5.69 Å². The summed E-state index contributed by atoms with van der Waals surface area (Å²) in [5.41, 5.74) is 4.91. The number of aromatic nitrogens is 3. The van der Waals surface area contributed by atoms with E-state index in [0.717, 1.165) is 27.7 Å². The molecular weight excluding hydrogens is 388 g/mol. The fourth-order valence-corrected chi connectivity index (χ4v) is 3.77. The monoisotopic (exact) mass is 406 g/mol. The number of benzene rings is 1. The Hall–Kier alpha value is -3.52. The minimum Gasteiger partial charge on any atom is -0.464 e. The predicted molar refractivity (Wildman–Crippen MR) is 112 cm³/mol. The normalized spacial score (nSPS) is 10.9. The van der Waals surface area contributed by atoms with Crippen molar-refractivity contribution in [2.45, 2.75) is 13.8 Å². The second kappa shape index (κ2) is 7.48. The standard InChI is InChI=1S/C21H18N4O3S/c1-11-4-5-16-14(6-11)15(7-12(2)23-16)19(26)25-21-24-18(10-29-21)13-8-17(22-9-13)20(27)28-3/h4-10,22H,1-3H3,(H,24,25,26). The van der Waals surface area contributed by atoms with Crippen LogP contribution < -0.4 is 5.32 Å². The van der Waals surface area contributed by atoms with Crippen molar-refractivity contribution in [3.8, 4) is 11.3 Å². The summed E-state index contributed by atoms with van der Waals surface area (Å²) in [5.74, 6) is -0.688. The van der Waals surface area contributed by atoms with Gasteiger partial charge in [0.25, 0.3) is 5.91 Å². The molecule has 1 amide bonds. The van der Waals surface area contributed by atoms with Gasteiger partial charge in [0, 0.05) is 28.2 Å². The van der Waals surface area contributed by atoms with Crippen molar-refractivity contribution in [1.29, 1.82) is 0 Å². The van der Waals surface area contributed by atoms with Gasteiger partial charge in [-0.3, -0.25) is 15.1 Å². The third-order valence-corrected chi connectivity index (χ3v) is 5.20. The van der Waals surface area contributed by atoms with Crippen LogP contribution >= 0.6 is 11.3 Å². The van der Waals surface area contributed by atoms with Gasteiger partial charge in [-0.1, -0.05) is 11.6 Å². The van der Waals surface area contributed by atoms with Crippen LogP contribution in [0.4, 0.5) is 5.13 Å². The molecule has 2 N–H and O–H groups in total. The summed E-state index contributed by atoms with van der Waals surface area (Å²) in [6, 6.07) is 9.29. The first-order chi connectivity index (χ1) is 13.9. The molecule has 0 aliphatic carbocycles. The van der Waals surface area contributed by atoms with Crippen molar-refractivity contribution in [2.24, 2.45) is 0 Å². The Morgan fingerprint density at radius 1 is 1.14 bits per heavy atom. The summed E-state index contributed by atoms with van der Waals surface area (Å²) in [6.45, 7) is 3.84. The van der Waals surface area contributed by atoms with Crippen molar-refractivity contribution in [1.82, 2.24) is 15.0 Å². The number of methoxy groups -OCH3 is 1. The predicted octanol–water partition coefficient (Wildman–Crippen LogP) is 4.34. The van der Waals surface area contributed by atoms with E-state index in [1.807, 2.05) is 37.4 Å². The van der Waals surface area contributed by atoms with Crippen LogP contribution in [0.3, 0.4) is 0 Å². The van der Waals surface area contributed by atoms with Crippen molar-refractivity contribution in [2.75, 3.05) is 12.4 Å². The van der Waals surface area contributed by atoms with Gasteiger partial charge >= 0.3 is 5.97 Å². The highest BCUT2D eigenvalue weighted by Crippen LogP contribution is 2.27. The fourth-order valence-electron chi connectivity index (χ4n) is 3.06. The molecule has 0 unspecified atom stereocenters. The molecule has 3 heterocycles. The third-order valence-electron chi connectivity index (χ3n) is 4.45. The first kappa shape index (κ1) is 18.8. The van der Waals surface area contributed by atoms with Crippen molar-refractivity contribution < 1.29 is 14.3 Å². The summed E-state index contributed by atoms with van der Waals surface area (Å²) in [4.78, 5) is 36.3. The number of H-pyrrole nitrogens is 1. The van der Waals surface area contributed by atoms with E-state index < -0.39 is 5.97 Å². The van der Waals surface area contributed by atoms with E-state index in [0.29, 0.717) is 22.1 Å². The zero-order valence-corrected chi connectivity index (χ0v) is 16.9. The first-order valence-corrected chi connectivity index (χ1v) is 9.74. The van der Waals surface area contributed by atoms with E-state index in [9.17, 15) is 9.59 Å². The number of hydrogen-bond donors (Lipinski definition) is 2. The van der Waals surface area contributed by atoms with Crippen molar-refractivity contribution >= 4 is 39.2 Å². The average Bonchev–Trinajstić information content (AvgIpc) is 3.36. The largest absolute Gasteiger partial charge is 0.464 e. The maximum absolute atomic E-state index is 12.9. The van der Waals surface area contributed by atoms with E-state index in [-0.39, 0.29) is 5.91 Å². The number of aryl methyl sites for hydroxylation is 2. The molecule has 0 saturated carbocycles. The molecule has 29 heavy (non-hydrogen) atoms. The Labute approximate surface area is 170 Å². The summed E-state index contributed by atoms with van der Waals surface area (Å²) in [7, 11) is 1.32. The molecular formula is C21H18N4O3S. The van der Waals surface area contributed by atoms with Gasteiger partial charge in [0.2, 0.25) is 0 Å². The Bertz CT molecular complexity index is 1240. The SMILES string of the molecule is COC(=O)c1cc(-c2csc(NC(=O)c3cc(C)nc4ccc(C)cc34)n2)c[nH]1.